The number of H-pyrrole nitrogens is 1. The summed E-state index contributed by atoms with van der Waals surface area (Å²) in [6.45, 7) is 1.94. The molecule has 1 atom stereocenters. The van der Waals surface area contributed by atoms with E-state index in [0.717, 1.165) is 25.1 Å². The quantitative estimate of drug-likeness (QED) is 0.797. The summed E-state index contributed by atoms with van der Waals surface area (Å²) in [6.07, 6.45) is 6.06. The summed E-state index contributed by atoms with van der Waals surface area (Å²) in [5.74, 6) is -0.103. The number of anilines is 2. The first-order chi connectivity index (χ1) is 12.0. The van der Waals surface area contributed by atoms with Crippen LogP contribution in [0.15, 0.2) is 30.6 Å². The molecule has 0 aliphatic carbocycles. The summed E-state index contributed by atoms with van der Waals surface area (Å²) in [4.78, 5) is 32.8. The lowest BCUT2D eigenvalue weighted by atomic mass is 10.0. The Labute approximate surface area is 144 Å². The van der Waals surface area contributed by atoms with Gasteiger partial charge in [-0.1, -0.05) is 0 Å². The Morgan fingerprint density at radius 1 is 1.32 bits per heavy atom. The third-order valence-electron chi connectivity index (χ3n) is 4.13. The lowest BCUT2D eigenvalue weighted by molar-refractivity contribution is -0.114. The molecule has 0 spiro atoms. The van der Waals surface area contributed by atoms with Crippen molar-refractivity contribution in [2.75, 3.05) is 17.2 Å². The van der Waals surface area contributed by atoms with Gasteiger partial charge in [0.2, 0.25) is 5.91 Å². The van der Waals surface area contributed by atoms with Gasteiger partial charge < -0.3 is 20.5 Å². The number of hydrogen-bond acceptors (Lipinski definition) is 3. The van der Waals surface area contributed by atoms with E-state index in [1.807, 2.05) is 0 Å². The molecule has 8 heteroatoms. The minimum Gasteiger partial charge on any atom is -0.347 e. The summed E-state index contributed by atoms with van der Waals surface area (Å²) in [6, 6.07) is 3.51. The molecule has 0 bridgehead atoms. The van der Waals surface area contributed by atoms with Crippen LogP contribution in [-0.4, -0.2) is 33.4 Å². The van der Waals surface area contributed by atoms with E-state index >= 15 is 0 Å². The monoisotopic (exact) mass is 345 g/mol. The number of rotatable bonds is 3. The van der Waals surface area contributed by atoms with Crippen LogP contribution in [0.1, 0.15) is 38.1 Å². The van der Waals surface area contributed by atoms with E-state index < -0.39 is 5.82 Å². The molecule has 1 aromatic carbocycles. The lowest BCUT2D eigenvalue weighted by Crippen LogP contribution is -2.41. The van der Waals surface area contributed by atoms with E-state index in [0.29, 0.717) is 12.2 Å². The molecule has 0 radical (unpaired) electrons. The number of nitrogens with one attached hydrogen (secondary N) is 3. The molecular weight excluding hydrogens is 325 g/mol. The molecule has 2 aromatic rings. The maximum atomic E-state index is 14.0. The van der Waals surface area contributed by atoms with Crippen molar-refractivity contribution in [1.29, 1.82) is 0 Å². The van der Waals surface area contributed by atoms with Gasteiger partial charge in [0.25, 0.3) is 0 Å². The van der Waals surface area contributed by atoms with Gasteiger partial charge in [-0.2, -0.15) is 0 Å². The van der Waals surface area contributed by atoms with Crippen molar-refractivity contribution in [3.63, 3.8) is 0 Å². The average Bonchev–Trinajstić information content (AvgIpc) is 3.12. The van der Waals surface area contributed by atoms with Crippen LogP contribution in [0.2, 0.25) is 0 Å². The van der Waals surface area contributed by atoms with Crippen LogP contribution >= 0.6 is 0 Å². The Balaban J connectivity index is 1.77. The Hall–Kier alpha value is -2.90. The van der Waals surface area contributed by atoms with Gasteiger partial charge in [0.15, 0.2) is 0 Å². The fraction of sp³-hybridized carbons (Fsp3) is 0.353. The standard InChI is InChI=1S/C17H20FN5O2/c1-11(24)21-12-5-6-13(18)14(10-12)22-17(25)23-9-3-2-4-15(23)16-19-7-8-20-16/h5-8,10,15H,2-4,9H2,1H3,(H,19,20)(H,21,24)(H,22,25)/t15-/m0/s1. The number of aromatic nitrogens is 2. The molecule has 132 valence electrons. The second-order valence-electron chi connectivity index (χ2n) is 5.99. The van der Waals surface area contributed by atoms with E-state index in [4.69, 9.17) is 0 Å². The average molecular weight is 345 g/mol. The van der Waals surface area contributed by atoms with Crippen molar-refractivity contribution < 1.29 is 14.0 Å². The zero-order valence-electron chi connectivity index (χ0n) is 13.9. The number of amides is 3. The first kappa shape index (κ1) is 16.9. The third-order valence-corrected chi connectivity index (χ3v) is 4.13. The van der Waals surface area contributed by atoms with Crippen molar-refractivity contribution in [3.8, 4) is 0 Å². The first-order valence-electron chi connectivity index (χ1n) is 8.18. The van der Waals surface area contributed by atoms with E-state index in [-0.39, 0.29) is 23.7 Å². The molecule has 3 amide bonds. The summed E-state index contributed by atoms with van der Waals surface area (Å²) in [5, 5.41) is 5.18. The van der Waals surface area contributed by atoms with Gasteiger partial charge in [-0.25, -0.2) is 14.2 Å². The number of benzene rings is 1. The number of carbonyl (C=O) groups is 2. The van der Waals surface area contributed by atoms with Gasteiger partial charge in [-0.3, -0.25) is 4.79 Å². The number of hydrogen-bond donors (Lipinski definition) is 3. The molecule has 0 unspecified atom stereocenters. The van der Waals surface area contributed by atoms with Gasteiger partial charge in [0.05, 0.1) is 11.7 Å². The van der Waals surface area contributed by atoms with Crippen LogP contribution in [0.3, 0.4) is 0 Å². The van der Waals surface area contributed by atoms with Gasteiger partial charge in [-0.15, -0.1) is 0 Å². The molecule has 7 nitrogen and oxygen atoms in total. The SMILES string of the molecule is CC(=O)Nc1ccc(F)c(NC(=O)N2CCCC[C@H]2c2ncc[nH]2)c1. The normalized spacial score (nSPS) is 17.2. The number of halogens is 1. The molecule has 1 aliphatic heterocycles. The number of urea groups is 1. The fourth-order valence-electron chi connectivity index (χ4n) is 3.01. The third kappa shape index (κ3) is 3.96. The maximum Gasteiger partial charge on any atom is 0.322 e. The lowest BCUT2D eigenvalue weighted by Gasteiger charge is -2.34. The van der Waals surface area contributed by atoms with Gasteiger partial charge in [0, 0.05) is 31.5 Å². The number of aromatic amines is 1. The summed E-state index contributed by atoms with van der Waals surface area (Å²) in [5.41, 5.74) is 0.449. The van der Waals surface area contributed by atoms with Crippen LogP contribution in [-0.2, 0) is 4.79 Å². The maximum absolute atomic E-state index is 14.0. The second kappa shape index (κ2) is 7.33. The highest BCUT2D eigenvalue weighted by Gasteiger charge is 2.30. The highest BCUT2D eigenvalue weighted by atomic mass is 19.1. The molecule has 3 N–H and O–H groups in total. The molecule has 1 saturated heterocycles. The Kier molecular flexibility index (Phi) is 4.97. The molecule has 1 aliphatic rings. The van der Waals surface area contributed by atoms with Crippen LogP contribution < -0.4 is 10.6 Å². The number of carbonyl (C=O) groups excluding carboxylic acids is 2. The highest BCUT2D eigenvalue weighted by Crippen LogP contribution is 2.30. The Morgan fingerprint density at radius 2 is 2.16 bits per heavy atom. The summed E-state index contributed by atoms with van der Waals surface area (Å²) >= 11 is 0. The molecule has 25 heavy (non-hydrogen) atoms. The Bertz CT molecular complexity index is 762. The molecule has 1 fully saturated rings. The van der Waals surface area contributed by atoms with Gasteiger partial charge in [-0.05, 0) is 37.5 Å². The molecular formula is C17H20FN5O2. The topological polar surface area (TPSA) is 90.1 Å². The smallest absolute Gasteiger partial charge is 0.322 e. The zero-order chi connectivity index (χ0) is 17.8. The number of likely N-dealkylation sites (tertiary alicyclic amines) is 1. The summed E-state index contributed by atoms with van der Waals surface area (Å²) < 4.78 is 14.0. The predicted molar refractivity (Wildman–Crippen MR) is 91.6 cm³/mol. The predicted octanol–water partition coefficient (Wildman–Crippen LogP) is 3.27. The first-order valence-corrected chi connectivity index (χ1v) is 8.18. The van der Waals surface area contributed by atoms with E-state index in [1.165, 1.54) is 25.1 Å². The molecule has 3 rings (SSSR count). The van der Waals surface area contributed by atoms with E-state index in [9.17, 15) is 14.0 Å². The number of piperidine rings is 1. The second-order valence-corrected chi connectivity index (χ2v) is 5.99. The zero-order valence-corrected chi connectivity index (χ0v) is 13.9. The van der Waals surface area contributed by atoms with Crippen molar-refractivity contribution in [3.05, 3.63) is 42.2 Å². The number of imidazole rings is 1. The van der Waals surface area contributed by atoms with Gasteiger partial charge in [0.1, 0.15) is 11.6 Å². The van der Waals surface area contributed by atoms with Crippen molar-refractivity contribution >= 4 is 23.3 Å². The van der Waals surface area contributed by atoms with Crippen molar-refractivity contribution in [2.24, 2.45) is 0 Å². The van der Waals surface area contributed by atoms with E-state index in [1.54, 1.807) is 17.3 Å². The van der Waals surface area contributed by atoms with E-state index in [2.05, 4.69) is 20.6 Å². The van der Waals surface area contributed by atoms with Crippen molar-refractivity contribution in [2.45, 2.75) is 32.2 Å². The fourth-order valence-corrected chi connectivity index (χ4v) is 3.01. The largest absolute Gasteiger partial charge is 0.347 e. The van der Waals surface area contributed by atoms with Crippen molar-refractivity contribution in [1.82, 2.24) is 14.9 Å². The molecule has 0 saturated carbocycles. The van der Waals surface area contributed by atoms with Crippen LogP contribution in [0.5, 0.6) is 0 Å². The van der Waals surface area contributed by atoms with Crippen LogP contribution in [0.4, 0.5) is 20.6 Å². The minimum atomic E-state index is -0.561. The molecule has 1 aromatic heterocycles. The van der Waals surface area contributed by atoms with Gasteiger partial charge >= 0.3 is 6.03 Å². The summed E-state index contributed by atoms with van der Waals surface area (Å²) in [7, 11) is 0. The van der Waals surface area contributed by atoms with Crippen LogP contribution in [0.25, 0.3) is 0 Å². The highest BCUT2D eigenvalue weighted by molar-refractivity contribution is 5.92. The minimum absolute atomic E-state index is 0.0278. The molecule has 2 heterocycles. The van der Waals surface area contributed by atoms with Crippen LogP contribution in [0, 0.1) is 5.82 Å². The Morgan fingerprint density at radius 3 is 2.88 bits per heavy atom. The number of nitrogens with zero attached hydrogens (tertiary/aromatic N) is 2.